The largest absolute Gasteiger partial charge is 0.497 e. The van der Waals surface area contributed by atoms with Crippen LogP contribution in [0.3, 0.4) is 0 Å². The molecule has 198 valence electrons. The van der Waals surface area contributed by atoms with Gasteiger partial charge in [0.1, 0.15) is 6.73 Å². The zero-order valence-electron chi connectivity index (χ0n) is 22.6. The van der Waals surface area contributed by atoms with Crippen LogP contribution < -0.4 is 5.46 Å². The predicted octanol–water partition coefficient (Wildman–Crippen LogP) is 5.33. The van der Waals surface area contributed by atoms with Crippen LogP contribution in [0.1, 0.15) is 52.1 Å². The Balaban J connectivity index is 1.64. The lowest BCUT2D eigenvalue weighted by Gasteiger charge is -2.32. The van der Waals surface area contributed by atoms with Crippen LogP contribution in [-0.2, 0) is 25.5 Å². The van der Waals surface area contributed by atoms with E-state index in [0.717, 1.165) is 24.6 Å². The Hall–Kier alpha value is -1.59. The van der Waals surface area contributed by atoms with Gasteiger partial charge in [0.05, 0.1) is 23.1 Å². The molecule has 10 heteroatoms. The van der Waals surface area contributed by atoms with Crippen molar-refractivity contribution in [2.75, 3.05) is 19.8 Å². The van der Waals surface area contributed by atoms with E-state index in [4.69, 9.17) is 18.8 Å². The van der Waals surface area contributed by atoms with Crippen LogP contribution in [0.25, 0.3) is 11.1 Å². The third kappa shape index (κ3) is 5.62. The van der Waals surface area contributed by atoms with E-state index in [-0.39, 0.29) is 23.7 Å². The summed E-state index contributed by atoms with van der Waals surface area (Å²) in [6, 6.07) is 4.22. The van der Waals surface area contributed by atoms with Gasteiger partial charge in [-0.1, -0.05) is 31.8 Å². The predicted molar refractivity (Wildman–Crippen MR) is 140 cm³/mol. The molecule has 0 bridgehead atoms. The van der Waals surface area contributed by atoms with E-state index in [1.165, 1.54) is 0 Å². The van der Waals surface area contributed by atoms with Crippen molar-refractivity contribution in [1.82, 2.24) is 9.78 Å². The number of aromatic nitrogens is 2. The van der Waals surface area contributed by atoms with Crippen molar-refractivity contribution < 1.29 is 27.6 Å². The molecule has 1 aromatic carbocycles. The molecule has 0 radical (unpaired) electrons. The first-order valence-corrected chi connectivity index (χ1v) is 16.6. The van der Waals surface area contributed by atoms with E-state index in [0.29, 0.717) is 25.4 Å². The fourth-order valence-electron chi connectivity index (χ4n) is 4.56. The summed E-state index contributed by atoms with van der Waals surface area (Å²) in [5.41, 5.74) is 0.408. The summed E-state index contributed by atoms with van der Waals surface area (Å²) >= 11 is 0. The maximum Gasteiger partial charge on any atom is 0.497 e. The summed E-state index contributed by atoms with van der Waals surface area (Å²) in [6.45, 7) is 16.7. The quantitative estimate of drug-likeness (QED) is 0.348. The van der Waals surface area contributed by atoms with Gasteiger partial charge < -0.3 is 18.8 Å². The summed E-state index contributed by atoms with van der Waals surface area (Å²) in [6.07, 6.45) is 3.21. The Morgan fingerprint density at radius 3 is 2.28 bits per heavy atom. The van der Waals surface area contributed by atoms with Crippen molar-refractivity contribution in [2.24, 2.45) is 0 Å². The molecule has 2 fully saturated rings. The van der Waals surface area contributed by atoms with Gasteiger partial charge in [-0.25, -0.2) is 13.5 Å². The van der Waals surface area contributed by atoms with Gasteiger partial charge >= 0.3 is 7.12 Å². The van der Waals surface area contributed by atoms with Gasteiger partial charge in [-0.2, -0.15) is 5.10 Å². The lowest BCUT2D eigenvalue weighted by molar-refractivity contribution is 0.00578. The Bertz CT molecular complexity index is 1060. The number of hydrogen-bond acceptors (Lipinski definition) is 5. The monoisotopic (exact) mass is 520 g/mol. The molecule has 36 heavy (non-hydrogen) atoms. The SMILES string of the molecule is CC1(C)OB(c2ccc(-c3cnn(COCC[Si](C)(C)C)c3C3CCOCC3)c(F)c2F)OC1(C)C. The molecule has 0 unspecified atom stereocenters. The van der Waals surface area contributed by atoms with Gasteiger partial charge in [-0.05, 0) is 46.6 Å². The molecule has 0 aliphatic carbocycles. The van der Waals surface area contributed by atoms with Crippen molar-refractivity contribution in [3.8, 4) is 11.1 Å². The van der Waals surface area contributed by atoms with E-state index in [1.807, 2.05) is 27.7 Å². The molecule has 1 aromatic heterocycles. The number of halogens is 2. The molecule has 0 N–H and O–H groups in total. The van der Waals surface area contributed by atoms with Crippen molar-refractivity contribution in [3.63, 3.8) is 0 Å². The van der Waals surface area contributed by atoms with E-state index < -0.39 is 38.0 Å². The topological polar surface area (TPSA) is 54.7 Å². The lowest BCUT2D eigenvalue weighted by Crippen LogP contribution is -2.41. The maximum absolute atomic E-state index is 15.6. The third-order valence-electron chi connectivity index (χ3n) is 7.61. The molecule has 0 spiro atoms. The van der Waals surface area contributed by atoms with Crippen molar-refractivity contribution in [2.45, 2.75) is 90.1 Å². The molecule has 0 amide bonds. The van der Waals surface area contributed by atoms with Crippen LogP contribution in [0.15, 0.2) is 18.3 Å². The average Bonchev–Trinajstić information content (AvgIpc) is 3.30. The van der Waals surface area contributed by atoms with Crippen LogP contribution in [0, 0.1) is 11.6 Å². The normalized spacial score (nSPS) is 20.3. The molecule has 0 saturated carbocycles. The van der Waals surface area contributed by atoms with Gasteiger partial charge in [0.25, 0.3) is 0 Å². The van der Waals surface area contributed by atoms with Crippen LogP contribution in [-0.4, -0.2) is 56.0 Å². The van der Waals surface area contributed by atoms with E-state index in [1.54, 1.807) is 23.0 Å². The fourth-order valence-corrected chi connectivity index (χ4v) is 5.32. The number of hydrogen-bond donors (Lipinski definition) is 0. The van der Waals surface area contributed by atoms with Crippen molar-refractivity contribution >= 4 is 20.7 Å². The highest BCUT2D eigenvalue weighted by molar-refractivity contribution is 6.76. The Labute approximate surface area is 214 Å². The second-order valence-electron chi connectivity index (χ2n) is 12.1. The summed E-state index contributed by atoms with van der Waals surface area (Å²) in [4.78, 5) is 0. The van der Waals surface area contributed by atoms with Gasteiger partial charge in [-0.15, -0.1) is 0 Å². The number of benzene rings is 1. The molecule has 4 rings (SSSR count). The van der Waals surface area contributed by atoms with Gasteiger partial charge in [-0.3, -0.25) is 0 Å². The minimum absolute atomic E-state index is 0.0598. The summed E-state index contributed by atoms with van der Waals surface area (Å²) in [7, 11) is -2.20. The Morgan fingerprint density at radius 2 is 1.67 bits per heavy atom. The first-order valence-electron chi connectivity index (χ1n) is 12.9. The number of nitrogens with zero attached hydrogens (tertiary/aromatic N) is 2. The minimum Gasteiger partial charge on any atom is -0.399 e. The first-order chi connectivity index (χ1) is 16.8. The number of ether oxygens (including phenoxy) is 2. The molecule has 2 aliphatic heterocycles. The summed E-state index contributed by atoms with van der Waals surface area (Å²) < 4.78 is 56.3. The molecule has 0 atom stereocenters. The van der Waals surface area contributed by atoms with E-state index in [2.05, 4.69) is 24.7 Å². The van der Waals surface area contributed by atoms with Crippen molar-refractivity contribution in [3.05, 3.63) is 35.7 Å². The van der Waals surface area contributed by atoms with Gasteiger partial charge in [0.15, 0.2) is 11.6 Å². The molecule has 3 heterocycles. The second-order valence-corrected chi connectivity index (χ2v) is 17.7. The highest BCUT2D eigenvalue weighted by Crippen LogP contribution is 2.39. The highest BCUT2D eigenvalue weighted by atomic mass is 28.3. The molecule has 2 aromatic rings. The highest BCUT2D eigenvalue weighted by Gasteiger charge is 2.52. The molecular weight excluding hydrogens is 481 g/mol. The smallest absolute Gasteiger partial charge is 0.399 e. The number of rotatable bonds is 8. The van der Waals surface area contributed by atoms with Crippen LogP contribution >= 0.6 is 0 Å². The fraction of sp³-hybridized carbons (Fsp3) is 0.654. The first kappa shape index (κ1) is 27.4. The van der Waals surface area contributed by atoms with Gasteiger partial charge in [0, 0.05) is 50.4 Å². The van der Waals surface area contributed by atoms with E-state index in [9.17, 15) is 0 Å². The van der Waals surface area contributed by atoms with E-state index >= 15 is 8.78 Å². The Kier molecular flexibility index (Phi) is 7.84. The molecule has 6 nitrogen and oxygen atoms in total. The zero-order valence-corrected chi connectivity index (χ0v) is 23.6. The standard InChI is InChI=1S/C26H39BF2N2O4Si/c1-25(2)26(3,4)35-27(34-25)21-9-8-19(22(28)23(21)29)20-16-30-31(17-33-14-15-36(5,6)7)24(20)18-10-12-32-13-11-18/h8-9,16,18H,10-15,17H2,1-7H3. The van der Waals surface area contributed by atoms with Gasteiger partial charge in [0.2, 0.25) is 0 Å². The third-order valence-corrected chi connectivity index (χ3v) is 9.31. The second kappa shape index (κ2) is 10.3. The van der Waals surface area contributed by atoms with Crippen molar-refractivity contribution in [1.29, 1.82) is 0 Å². The van der Waals surface area contributed by atoms with Crippen LogP contribution in [0.5, 0.6) is 0 Å². The molecular formula is C26H39BF2N2O4Si. The maximum atomic E-state index is 15.6. The van der Waals surface area contributed by atoms with Crippen LogP contribution in [0.2, 0.25) is 25.7 Å². The Morgan fingerprint density at radius 1 is 1.03 bits per heavy atom. The lowest BCUT2D eigenvalue weighted by atomic mass is 9.77. The van der Waals surface area contributed by atoms with Crippen LogP contribution in [0.4, 0.5) is 8.78 Å². The summed E-state index contributed by atoms with van der Waals surface area (Å²) in [5.74, 6) is -1.75. The summed E-state index contributed by atoms with van der Waals surface area (Å²) in [5, 5.41) is 4.53. The molecule has 2 saturated heterocycles. The zero-order chi connectivity index (χ0) is 26.3. The molecule has 2 aliphatic rings. The average molecular weight is 521 g/mol. The minimum atomic E-state index is -1.22.